The number of hydrogen-bond acceptors (Lipinski definition) is 3. The van der Waals surface area contributed by atoms with Crippen molar-refractivity contribution < 1.29 is 18.3 Å². The molecule has 1 aromatic carbocycles. The zero-order chi connectivity index (χ0) is 17.0. The molecular formula is C17H24F2N2O2. The Kier molecular flexibility index (Phi) is 5.93. The molecule has 0 bridgehead atoms. The van der Waals surface area contributed by atoms with E-state index in [1.807, 2.05) is 13.0 Å². The number of carbonyl (C=O) groups is 1. The van der Waals surface area contributed by atoms with Crippen LogP contribution in [0.3, 0.4) is 0 Å². The fraction of sp³-hybridized carbons (Fsp3) is 0.588. The van der Waals surface area contributed by atoms with E-state index in [2.05, 4.69) is 10.1 Å². The van der Waals surface area contributed by atoms with Gasteiger partial charge >= 0.3 is 6.61 Å². The van der Waals surface area contributed by atoms with Gasteiger partial charge in [0.2, 0.25) is 5.91 Å². The molecule has 1 aromatic rings. The molecule has 1 aliphatic rings. The van der Waals surface area contributed by atoms with Gasteiger partial charge in [-0.1, -0.05) is 6.07 Å². The maximum Gasteiger partial charge on any atom is 0.387 e. The number of aryl methyl sites for hydroxylation is 1. The number of ether oxygens (including phenoxy) is 1. The molecule has 1 amide bonds. The maximum absolute atomic E-state index is 12.3. The monoisotopic (exact) mass is 326 g/mol. The number of rotatable bonds is 6. The van der Waals surface area contributed by atoms with Crippen LogP contribution in [0.1, 0.15) is 43.4 Å². The fourth-order valence-electron chi connectivity index (χ4n) is 2.99. The van der Waals surface area contributed by atoms with Crippen LogP contribution in [0.15, 0.2) is 18.2 Å². The van der Waals surface area contributed by atoms with Crippen LogP contribution < -0.4 is 10.1 Å². The molecule has 1 aliphatic carbocycles. The molecule has 0 saturated heterocycles. The second-order valence-corrected chi connectivity index (χ2v) is 6.24. The van der Waals surface area contributed by atoms with Gasteiger partial charge in [-0.15, -0.1) is 0 Å². The number of alkyl halides is 2. The third-order valence-corrected chi connectivity index (χ3v) is 4.12. The minimum Gasteiger partial charge on any atom is -0.435 e. The van der Waals surface area contributed by atoms with Gasteiger partial charge < -0.3 is 15.0 Å². The van der Waals surface area contributed by atoms with Gasteiger partial charge in [0.1, 0.15) is 5.75 Å². The highest BCUT2D eigenvalue weighted by atomic mass is 19.3. The number of halogens is 2. The van der Waals surface area contributed by atoms with Crippen molar-refractivity contribution in [2.24, 2.45) is 0 Å². The minimum atomic E-state index is -2.80. The number of nitrogens with zero attached hydrogens (tertiary/aromatic N) is 1. The SMILES string of the molecule is C[C@H](CC(=O)N(C)C)N[C@H]1CCCc2cc(OC(F)F)ccc21. The maximum atomic E-state index is 12.3. The Labute approximate surface area is 135 Å². The highest BCUT2D eigenvalue weighted by Crippen LogP contribution is 2.33. The van der Waals surface area contributed by atoms with E-state index in [9.17, 15) is 13.6 Å². The molecule has 128 valence electrons. The Morgan fingerprint density at radius 2 is 2.17 bits per heavy atom. The zero-order valence-corrected chi connectivity index (χ0v) is 13.8. The first-order valence-corrected chi connectivity index (χ1v) is 7.90. The number of fused-ring (bicyclic) bond motifs is 1. The molecule has 0 aromatic heterocycles. The average Bonchev–Trinajstić information content (AvgIpc) is 2.46. The third-order valence-electron chi connectivity index (χ3n) is 4.12. The fourth-order valence-corrected chi connectivity index (χ4v) is 2.99. The molecular weight excluding hydrogens is 302 g/mol. The molecule has 2 rings (SSSR count). The summed E-state index contributed by atoms with van der Waals surface area (Å²) in [5, 5.41) is 3.48. The van der Waals surface area contributed by atoms with Gasteiger partial charge in [-0.05, 0) is 49.4 Å². The van der Waals surface area contributed by atoms with E-state index in [0.717, 1.165) is 30.4 Å². The molecule has 0 unspecified atom stereocenters. The number of hydrogen-bond donors (Lipinski definition) is 1. The Morgan fingerprint density at radius 1 is 1.43 bits per heavy atom. The summed E-state index contributed by atoms with van der Waals surface area (Å²) >= 11 is 0. The smallest absolute Gasteiger partial charge is 0.387 e. The highest BCUT2D eigenvalue weighted by molar-refractivity contribution is 5.76. The Morgan fingerprint density at radius 3 is 2.83 bits per heavy atom. The Balaban J connectivity index is 2.05. The number of nitrogens with one attached hydrogen (secondary N) is 1. The molecule has 0 heterocycles. The lowest BCUT2D eigenvalue weighted by Crippen LogP contribution is -2.36. The molecule has 0 aliphatic heterocycles. The summed E-state index contributed by atoms with van der Waals surface area (Å²) in [6.07, 6.45) is 3.25. The number of benzene rings is 1. The summed E-state index contributed by atoms with van der Waals surface area (Å²) in [5.74, 6) is 0.289. The first kappa shape index (κ1) is 17.7. The summed E-state index contributed by atoms with van der Waals surface area (Å²) in [6, 6.07) is 5.33. The van der Waals surface area contributed by atoms with Gasteiger partial charge in [0.05, 0.1) is 0 Å². The van der Waals surface area contributed by atoms with Crippen LogP contribution in [0, 0.1) is 0 Å². The van der Waals surface area contributed by atoms with E-state index in [1.165, 1.54) is 0 Å². The Hall–Kier alpha value is -1.69. The molecule has 23 heavy (non-hydrogen) atoms. The molecule has 0 radical (unpaired) electrons. The lowest BCUT2D eigenvalue weighted by atomic mass is 9.87. The first-order chi connectivity index (χ1) is 10.9. The largest absolute Gasteiger partial charge is 0.435 e. The average molecular weight is 326 g/mol. The van der Waals surface area contributed by atoms with E-state index in [-0.39, 0.29) is 23.7 Å². The molecule has 0 fully saturated rings. The molecule has 4 nitrogen and oxygen atoms in total. The lowest BCUT2D eigenvalue weighted by Gasteiger charge is -2.30. The van der Waals surface area contributed by atoms with E-state index >= 15 is 0 Å². The second kappa shape index (κ2) is 7.73. The Bertz CT molecular complexity index is 549. The van der Waals surface area contributed by atoms with Crippen molar-refractivity contribution >= 4 is 5.91 Å². The summed E-state index contributed by atoms with van der Waals surface area (Å²) in [6.45, 7) is -0.813. The zero-order valence-electron chi connectivity index (χ0n) is 13.8. The van der Waals surface area contributed by atoms with Crippen molar-refractivity contribution in [1.29, 1.82) is 0 Å². The predicted molar refractivity (Wildman–Crippen MR) is 84.7 cm³/mol. The summed E-state index contributed by atoms with van der Waals surface area (Å²) in [5.41, 5.74) is 2.15. The predicted octanol–water partition coefficient (Wildman–Crippen LogP) is 3.12. The van der Waals surface area contributed by atoms with Crippen LogP contribution >= 0.6 is 0 Å². The number of amides is 1. The van der Waals surface area contributed by atoms with Gasteiger partial charge in [-0.2, -0.15) is 8.78 Å². The van der Waals surface area contributed by atoms with Crippen molar-refractivity contribution in [3.63, 3.8) is 0 Å². The van der Waals surface area contributed by atoms with Gasteiger partial charge in [0.15, 0.2) is 0 Å². The third kappa shape index (κ3) is 4.89. The first-order valence-electron chi connectivity index (χ1n) is 7.90. The molecule has 1 N–H and O–H groups in total. The van der Waals surface area contributed by atoms with Crippen LogP contribution in [-0.4, -0.2) is 37.6 Å². The summed E-state index contributed by atoms with van der Waals surface area (Å²) in [4.78, 5) is 13.4. The quantitative estimate of drug-likeness (QED) is 0.873. The van der Waals surface area contributed by atoms with Crippen molar-refractivity contribution in [3.05, 3.63) is 29.3 Å². The van der Waals surface area contributed by atoms with Crippen LogP contribution in [0.5, 0.6) is 5.75 Å². The van der Waals surface area contributed by atoms with Gasteiger partial charge in [0.25, 0.3) is 0 Å². The van der Waals surface area contributed by atoms with Crippen LogP contribution in [0.4, 0.5) is 8.78 Å². The van der Waals surface area contributed by atoms with E-state index in [1.54, 1.807) is 31.1 Å². The van der Waals surface area contributed by atoms with E-state index in [0.29, 0.717) is 6.42 Å². The van der Waals surface area contributed by atoms with Gasteiger partial charge in [-0.25, -0.2) is 0 Å². The van der Waals surface area contributed by atoms with Crippen LogP contribution in [0.25, 0.3) is 0 Å². The van der Waals surface area contributed by atoms with Gasteiger partial charge in [-0.3, -0.25) is 4.79 Å². The van der Waals surface area contributed by atoms with E-state index < -0.39 is 6.61 Å². The number of carbonyl (C=O) groups excluding carboxylic acids is 1. The summed E-state index contributed by atoms with van der Waals surface area (Å²) < 4.78 is 29.1. The van der Waals surface area contributed by atoms with Crippen LogP contribution in [-0.2, 0) is 11.2 Å². The lowest BCUT2D eigenvalue weighted by molar-refractivity contribution is -0.129. The summed E-state index contributed by atoms with van der Waals surface area (Å²) in [7, 11) is 3.49. The van der Waals surface area contributed by atoms with Crippen molar-refractivity contribution in [1.82, 2.24) is 10.2 Å². The molecule has 0 spiro atoms. The van der Waals surface area contributed by atoms with Gasteiger partial charge in [0, 0.05) is 32.6 Å². The molecule has 6 heteroatoms. The van der Waals surface area contributed by atoms with Crippen LogP contribution in [0.2, 0.25) is 0 Å². The highest BCUT2D eigenvalue weighted by Gasteiger charge is 2.23. The minimum absolute atomic E-state index is 0.0536. The van der Waals surface area contributed by atoms with Crippen molar-refractivity contribution in [3.8, 4) is 5.75 Å². The van der Waals surface area contributed by atoms with Crippen molar-refractivity contribution in [2.45, 2.75) is 51.3 Å². The van der Waals surface area contributed by atoms with E-state index in [4.69, 9.17) is 0 Å². The second-order valence-electron chi connectivity index (χ2n) is 6.24. The molecule has 0 saturated carbocycles. The topological polar surface area (TPSA) is 41.6 Å². The standard InChI is InChI=1S/C17H24F2N2O2/c1-11(9-16(22)21(2)3)20-15-6-4-5-12-10-13(23-17(18)19)7-8-14(12)15/h7-8,10-11,15,17,20H,4-6,9H2,1-3H3/t11-,15+/m1/s1. The molecule has 2 atom stereocenters. The van der Waals surface area contributed by atoms with Crippen molar-refractivity contribution in [2.75, 3.05) is 14.1 Å². The normalized spacial score (nSPS) is 18.4.